The summed E-state index contributed by atoms with van der Waals surface area (Å²) in [5, 5.41) is 8.70. The summed E-state index contributed by atoms with van der Waals surface area (Å²) in [5.74, 6) is 0.995. The van der Waals surface area contributed by atoms with Crippen molar-refractivity contribution in [3.63, 3.8) is 0 Å². The smallest absolute Gasteiger partial charge is 0.320 e. The minimum atomic E-state index is -0.416. The van der Waals surface area contributed by atoms with Crippen molar-refractivity contribution in [2.45, 2.75) is 6.92 Å². The number of carbonyl (C=O) groups excluding carboxylic acids is 1. The fourth-order valence-electron chi connectivity index (χ4n) is 1.48. The van der Waals surface area contributed by atoms with Gasteiger partial charge >= 0.3 is 6.03 Å². The second kappa shape index (κ2) is 6.55. The molecule has 2 amide bonds. The van der Waals surface area contributed by atoms with Gasteiger partial charge in [0.25, 0.3) is 0 Å². The maximum Gasteiger partial charge on any atom is 0.320 e. The molecule has 0 saturated carbocycles. The number of anilines is 1. The number of rotatable bonds is 5. The fraction of sp³-hybridized carbons (Fsp3) is 0.231. The Labute approximate surface area is 114 Å². The van der Waals surface area contributed by atoms with Gasteiger partial charge in [0, 0.05) is 12.1 Å². The molecule has 0 unspecified atom stereocenters. The maximum atomic E-state index is 12.9. The van der Waals surface area contributed by atoms with Crippen LogP contribution in [0.2, 0.25) is 0 Å². The summed E-state index contributed by atoms with van der Waals surface area (Å²) in [6.45, 7) is 2.23. The highest BCUT2D eigenvalue weighted by atomic mass is 19.1. The molecule has 106 valence electrons. The lowest BCUT2D eigenvalue weighted by Crippen LogP contribution is -2.32. The molecule has 0 bridgehead atoms. The first-order valence-electron chi connectivity index (χ1n) is 6.00. The van der Waals surface area contributed by atoms with Crippen LogP contribution in [0.5, 0.6) is 5.75 Å². The lowest BCUT2D eigenvalue weighted by molar-refractivity contribution is 0.247. The van der Waals surface area contributed by atoms with Crippen LogP contribution in [-0.4, -0.2) is 24.3 Å². The lowest BCUT2D eigenvalue weighted by atomic mass is 10.3. The number of halogens is 1. The summed E-state index contributed by atoms with van der Waals surface area (Å²) in [5.41, 5.74) is 0. The number of urea groups is 1. The van der Waals surface area contributed by atoms with Gasteiger partial charge in [-0.3, -0.25) is 5.32 Å². The van der Waals surface area contributed by atoms with Crippen molar-refractivity contribution in [3.8, 4) is 5.75 Å². The van der Waals surface area contributed by atoms with E-state index in [-0.39, 0.29) is 19.0 Å². The second-order valence-electron chi connectivity index (χ2n) is 4.01. The average molecular weight is 279 g/mol. The molecule has 2 N–H and O–H groups in total. The topological polar surface area (TPSA) is 76.4 Å². The van der Waals surface area contributed by atoms with Gasteiger partial charge in [0.05, 0.1) is 6.54 Å². The van der Waals surface area contributed by atoms with Crippen molar-refractivity contribution in [1.82, 2.24) is 10.5 Å². The number of nitrogens with zero attached hydrogens (tertiary/aromatic N) is 1. The van der Waals surface area contributed by atoms with E-state index in [1.165, 1.54) is 12.1 Å². The Bertz CT molecular complexity index is 586. The van der Waals surface area contributed by atoms with Crippen LogP contribution >= 0.6 is 0 Å². The molecule has 0 spiro atoms. The molecule has 0 saturated heterocycles. The highest BCUT2D eigenvalue weighted by molar-refractivity contribution is 5.88. The molecule has 6 nitrogen and oxygen atoms in total. The van der Waals surface area contributed by atoms with Gasteiger partial charge in [-0.1, -0.05) is 11.2 Å². The molecule has 0 atom stereocenters. The van der Waals surface area contributed by atoms with Crippen LogP contribution in [0.15, 0.2) is 34.9 Å². The summed E-state index contributed by atoms with van der Waals surface area (Å²) in [4.78, 5) is 11.5. The average Bonchev–Trinajstić information content (AvgIpc) is 2.80. The minimum Gasteiger partial charge on any atom is -0.492 e. The normalized spacial score (nSPS) is 10.1. The van der Waals surface area contributed by atoms with E-state index in [9.17, 15) is 9.18 Å². The number of amides is 2. The third kappa shape index (κ3) is 4.27. The number of carbonyl (C=O) groups is 1. The molecule has 1 heterocycles. The Hall–Kier alpha value is -2.57. The van der Waals surface area contributed by atoms with Gasteiger partial charge in [0.1, 0.15) is 23.9 Å². The molecule has 1 aromatic carbocycles. The zero-order valence-electron chi connectivity index (χ0n) is 10.9. The number of nitrogens with one attached hydrogen (secondary N) is 2. The van der Waals surface area contributed by atoms with Crippen LogP contribution < -0.4 is 15.4 Å². The first kappa shape index (κ1) is 13.9. The van der Waals surface area contributed by atoms with Crippen LogP contribution in [0.3, 0.4) is 0 Å². The van der Waals surface area contributed by atoms with Gasteiger partial charge in [-0.05, 0) is 19.1 Å². The van der Waals surface area contributed by atoms with Crippen LogP contribution in [0.4, 0.5) is 15.0 Å². The molecule has 0 radical (unpaired) electrons. The van der Waals surface area contributed by atoms with Crippen molar-refractivity contribution in [2.75, 3.05) is 18.5 Å². The van der Waals surface area contributed by atoms with Crippen molar-refractivity contribution in [2.24, 2.45) is 0 Å². The van der Waals surface area contributed by atoms with Crippen LogP contribution in [0.25, 0.3) is 0 Å². The summed E-state index contributed by atoms with van der Waals surface area (Å²) in [7, 11) is 0. The number of aryl methyl sites for hydroxylation is 1. The highest BCUT2D eigenvalue weighted by Crippen LogP contribution is 2.11. The summed E-state index contributed by atoms with van der Waals surface area (Å²) in [6.07, 6.45) is 0. The Morgan fingerprint density at radius 3 is 3.00 bits per heavy atom. The summed E-state index contributed by atoms with van der Waals surface area (Å²) in [6, 6.07) is 6.99. The minimum absolute atomic E-state index is 0.231. The summed E-state index contributed by atoms with van der Waals surface area (Å²) < 4.78 is 23.0. The zero-order valence-corrected chi connectivity index (χ0v) is 10.9. The van der Waals surface area contributed by atoms with E-state index in [1.54, 1.807) is 25.1 Å². The van der Waals surface area contributed by atoms with E-state index in [1.807, 2.05) is 0 Å². The molecule has 2 rings (SSSR count). The quantitative estimate of drug-likeness (QED) is 0.823. The first-order chi connectivity index (χ1) is 9.63. The fourth-order valence-corrected chi connectivity index (χ4v) is 1.48. The Kier molecular flexibility index (Phi) is 4.54. The standard InChI is InChI=1S/C13H14FN3O3/c1-9-7-12(17-20-9)16-13(18)15-5-6-19-11-4-2-3-10(14)8-11/h2-4,7-8H,5-6H2,1H3,(H2,15,16,17,18). The van der Waals surface area contributed by atoms with Gasteiger partial charge < -0.3 is 14.6 Å². The van der Waals surface area contributed by atoms with E-state index < -0.39 is 6.03 Å². The summed E-state index contributed by atoms with van der Waals surface area (Å²) >= 11 is 0. The molecule has 7 heteroatoms. The molecule has 1 aromatic heterocycles. The van der Waals surface area contributed by atoms with Gasteiger partial charge in [0.15, 0.2) is 5.82 Å². The van der Waals surface area contributed by atoms with Gasteiger partial charge in [-0.25, -0.2) is 9.18 Å². The van der Waals surface area contributed by atoms with Gasteiger partial charge in [-0.15, -0.1) is 0 Å². The number of hydrogen-bond donors (Lipinski definition) is 2. The lowest BCUT2D eigenvalue weighted by Gasteiger charge is -2.07. The zero-order chi connectivity index (χ0) is 14.4. The third-order valence-electron chi connectivity index (χ3n) is 2.32. The number of ether oxygens (including phenoxy) is 1. The largest absolute Gasteiger partial charge is 0.492 e. The predicted octanol–water partition coefficient (Wildman–Crippen LogP) is 2.32. The van der Waals surface area contributed by atoms with Gasteiger partial charge in [-0.2, -0.15) is 0 Å². The number of benzene rings is 1. The molecular formula is C13H14FN3O3. The monoisotopic (exact) mass is 279 g/mol. The van der Waals surface area contributed by atoms with E-state index in [0.717, 1.165) is 0 Å². The van der Waals surface area contributed by atoms with Crippen molar-refractivity contribution >= 4 is 11.8 Å². The van der Waals surface area contributed by atoms with E-state index in [0.29, 0.717) is 17.3 Å². The second-order valence-corrected chi connectivity index (χ2v) is 4.01. The van der Waals surface area contributed by atoms with Gasteiger partial charge in [0.2, 0.25) is 0 Å². The molecule has 20 heavy (non-hydrogen) atoms. The highest BCUT2D eigenvalue weighted by Gasteiger charge is 2.05. The van der Waals surface area contributed by atoms with Crippen LogP contribution in [-0.2, 0) is 0 Å². The van der Waals surface area contributed by atoms with E-state index in [4.69, 9.17) is 9.26 Å². The van der Waals surface area contributed by atoms with E-state index >= 15 is 0 Å². The molecule has 2 aromatic rings. The Morgan fingerprint density at radius 1 is 1.45 bits per heavy atom. The number of aromatic nitrogens is 1. The molecular weight excluding hydrogens is 265 g/mol. The molecule has 0 aliphatic heterocycles. The first-order valence-corrected chi connectivity index (χ1v) is 6.00. The van der Waals surface area contributed by atoms with E-state index in [2.05, 4.69) is 15.8 Å². The molecule has 0 aliphatic carbocycles. The molecule has 0 aliphatic rings. The SMILES string of the molecule is Cc1cc(NC(=O)NCCOc2cccc(F)c2)no1. The Balaban J connectivity index is 1.67. The number of hydrogen-bond acceptors (Lipinski definition) is 4. The Morgan fingerprint density at radius 2 is 2.30 bits per heavy atom. The van der Waals surface area contributed by atoms with Crippen molar-refractivity contribution < 1.29 is 18.4 Å². The third-order valence-corrected chi connectivity index (χ3v) is 2.32. The van der Waals surface area contributed by atoms with Crippen LogP contribution in [0, 0.1) is 12.7 Å². The van der Waals surface area contributed by atoms with Crippen LogP contribution in [0.1, 0.15) is 5.76 Å². The maximum absolute atomic E-state index is 12.9. The molecule has 0 fully saturated rings. The van der Waals surface area contributed by atoms with Crippen molar-refractivity contribution in [3.05, 3.63) is 41.9 Å². The van der Waals surface area contributed by atoms with Crippen molar-refractivity contribution in [1.29, 1.82) is 0 Å². The predicted molar refractivity (Wildman–Crippen MR) is 70.2 cm³/mol.